The Hall–Kier alpha value is -0.660. The first kappa shape index (κ1) is 4.50. The summed E-state index contributed by atoms with van der Waals surface area (Å²) in [5.74, 6) is 0.978. The zero-order valence-electron chi connectivity index (χ0n) is 4.40. The van der Waals surface area contributed by atoms with Crippen molar-refractivity contribution >= 4 is 0 Å². The molecule has 0 aromatic rings. The molecule has 0 spiro atoms. The van der Waals surface area contributed by atoms with Gasteiger partial charge in [-0.1, -0.05) is 0 Å². The minimum Gasteiger partial charge on any atom is -0.495 e. The minimum absolute atomic E-state index is 0.808. The van der Waals surface area contributed by atoms with Crippen molar-refractivity contribution in [3.05, 3.63) is 12.0 Å². The fraction of sp³-hybridized carbons (Fsp3) is 0.600. The van der Waals surface area contributed by atoms with E-state index in [-0.39, 0.29) is 0 Å². The van der Waals surface area contributed by atoms with Crippen LogP contribution in [-0.2, 0) is 4.74 Å². The van der Waals surface area contributed by atoms with Crippen LogP contribution in [0.5, 0.6) is 0 Å². The monoisotopic (exact) mass is 99.1 g/mol. The first-order chi connectivity index (χ1) is 3.39. The number of hydrogen-bond acceptors (Lipinski definition) is 2. The van der Waals surface area contributed by atoms with Crippen LogP contribution < -0.4 is 5.32 Å². The molecular weight excluding hydrogens is 90.1 g/mol. The molecule has 1 N–H and O–H groups in total. The largest absolute Gasteiger partial charge is 0.495 e. The highest BCUT2D eigenvalue weighted by atomic mass is 16.5. The minimum atomic E-state index is 0.808. The Labute approximate surface area is 43.2 Å². The molecule has 0 amide bonds. The van der Waals surface area contributed by atoms with Crippen molar-refractivity contribution in [3.63, 3.8) is 0 Å². The molecule has 0 bridgehead atoms. The van der Waals surface area contributed by atoms with Crippen molar-refractivity contribution in [1.82, 2.24) is 5.32 Å². The fourth-order valence-corrected chi connectivity index (χ4v) is 0.529. The van der Waals surface area contributed by atoms with Crippen LogP contribution in [0.2, 0.25) is 0 Å². The molecule has 2 heteroatoms. The molecule has 0 fully saturated rings. The Kier molecular flexibility index (Phi) is 1.20. The summed E-state index contributed by atoms with van der Waals surface area (Å²) in [4.78, 5) is 0. The maximum Gasteiger partial charge on any atom is 0.109 e. The molecule has 0 saturated heterocycles. The van der Waals surface area contributed by atoms with Crippen molar-refractivity contribution in [2.75, 3.05) is 13.2 Å². The molecule has 0 saturated carbocycles. The summed E-state index contributed by atoms with van der Waals surface area (Å²) in [7, 11) is 0. The van der Waals surface area contributed by atoms with E-state index >= 15 is 0 Å². The van der Waals surface area contributed by atoms with Crippen LogP contribution in [0.15, 0.2) is 12.0 Å². The molecule has 2 nitrogen and oxygen atoms in total. The molecule has 1 aliphatic rings. The molecule has 40 valence electrons. The van der Waals surface area contributed by atoms with Crippen LogP contribution in [0.3, 0.4) is 0 Å². The lowest BCUT2D eigenvalue weighted by molar-refractivity contribution is 0.200. The fourth-order valence-electron chi connectivity index (χ4n) is 0.529. The van der Waals surface area contributed by atoms with Crippen molar-refractivity contribution in [2.45, 2.75) is 6.92 Å². The van der Waals surface area contributed by atoms with Crippen LogP contribution in [0.4, 0.5) is 0 Å². The molecule has 0 atom stereocenters. The molecule has 0 aromatic heterocycles. The number of hydrogen-bond donors (Lipinski definition) is 1. The maximum absolute atomic E-state index is 5.08. The third kappa shape index (κ3) is 1.11. The topological polar surface area (TPSA) is 21.3 Å². The Balaban J connectivity index is 2.40. The predicted octanol–water partition coefficient (Wildman–Crippen LogP) is 0.467. The highest BCUT2D eigenvalue weighted by molar-refractivity contribution is 4.89. The second-order valence-electron chi connectivity index (χ2n) is 1.56. The number of allylic oxidation sites excluding steroid dienone is 1. The van der Waals surface area contributed by atoms with Gasteiger partial charge in [0.2, 0.25) is 0 Å². The van der Waals surface area contributed by atoms with Gasteiger partial charge in [-0.25, -0.2) is 0 Å². The average molecular weight is 99.1 g/mol. The lowest BCUT2D eigenvalue weighted by Crippen LogP contribution is -2.18. The lowest BCUT2D eigenvalue weighted by Gasteiger charge is -2.11. The van der Waals surface area contributed by atoms with Gasteiger partial charge in [-0.3, -0.25) is 0 Å². The third-order valence-electron chi connectivity index (χ3n) is 0.881. The van der Waals surface area contributed by atoms with Crippen LogP contribution in [0.1, 0.15) is 6.92 Å². The molecule has 0 aliphatic carbocycles. The lowest BCUT2D eigenvalue weighted by atomic mass is 10.5. The van der Waals surface area contributed by atoms with E-state index in [0.717, 1.165) is 18.9 Å². The molecule has 7 heavy (non-hydrogen) atoms. The highest BCUT2D eigenvalue weighted by Gasteiger charge is 1.93. The van der Waals surface area contributed by atoms with Gasteiger partial charge in [0.05, 0.1) is 0 Å². The van der Waals surface area contributed by atoms with Gasteiger partial charge in [0.1, 0.15) is 12.4 Å². The van der Waals surface area contributed by atoms with Gasteiger partial charge < -0.3 is 10.1 Å². The summed E-state index contributed by atoms with van der Waals surface area (Å²) < 4.78 is 5.08. The summed E-state index contributed by atoms with van der Waals surface area (Å²) in [6.07, 6.45) is 1.88. The Morgan fingerprint density at radius 2 is 2.71 bits per heavy atom. The van der Waals surface area contributed by atoms with E-state index in [1.54, 1.807) is 0 Å². The van der Waals surface area contributed by atoms with Crippen molar-refractivity contribution in [3.8, 4) is 0 Å². The van der Waals surface area contributed by atoms with Crippen molar-refractivity contribution < 1.29 is 4.74 Å². The van der Waals surface area contributed by atoms with Gasteiger partial charge in [-0.05, 0) is 6.92 Å². The zero-order valence-corrected chi connectivity index (χ0v) is 4.40. The van der Waals surface area contributed by atoms with E-state index in [1.807, 2.05) is 13.1 Å². The van der Waals surface area contributed by atoms with Gasteiger partial charge >= 0.3 is 0 Å². The Bertz CT molecular complexity index is 88.1. The van der Waals surface area contributed by atoms with E-state index in [0.29, 0.717) is 0 Å². The second-order valence-corrected chi connectivity index (χ2v) is 1.56. The summed E-state index contributed by atoms with van der Waals surface area (Å²) in [6.45, 7) is 3.69. The van der Waals surface area contributed by atoms with Crippen LogP contribution in [-0.4, -0.2) is 13.2 Å². The van der Waals surface area contributed by atoms with E-state index < -0.39 is 0 Å². The second kappa shape index (κ2) is 1.87. The molecule has 0 unspecified atom stereocenters. The maximum atomic E-state index is 5.08. The highest BCUT2D eigenvalue weighted by Crippen LogP contribution is 1.94. The number of ether oxygens (including phenoxy) is 1. The molecular formula is C5H9NO. The molecule has 1 aliphatic heterocycles. The van der Waals surface area contributed by atoms with Crippen LogP contribution in [0.25, 0.3) is 0 Å². The SMILES string of the molecule is CC1=CNCCO1. The van der Waals surface area contributed by atoms with Gasteiger partial charge in [0.15, 0.2) is 0 Å². The van der Waals surface area contributed by atoms with Crippen molar-refractivity contribution in [1.29, 1.82) is 0 Å². The normalized spacial score (nSPS) is 19.3. The quantitative estimate of drug-likeness (QED) is 0.476. The van der Waals surface area contributed by atoms with Crippen molar-refractivity contribution in [2.24, 2.45) is 0 Å². The summed E-state index contributed by atoms with van der Waals surface area (Å²) in [6, 6.07) is 0. The standard InChI is InChI=1S/C5H9NO/c1-5-4-6-2-3-7-5/h4,6H,2-3H2,1H3. The van der Waals surface area contributed by atoms with E-state index in [4.69, 9.17) is 4.74 Å². The smallest absolute Gasteiger partial charge is 0.109 e. The Morgan fingerprint density at radius 3 is 3.00 bits per heavy atom. The van der Waals surface area contributed by atoms with Gasteiger partial charge in [-0.15, -0.1) is 0 Å². The predicted molar refractivity (Wildman–Crippen MR) is 27.7 cm³/mol. The van der Waals surface area contributed by atoms with E-state index in [9.17, 15) is 0 Å². The zero-order chi connectivity index (χ0) is 5.11. The molecule has 0 aromatic carbocycles. The summed E-state index contributed by atoms with van der Waals surface area (Å²) >= 11 is 0. The number of nitrogens with one attached hydrogen (secondary N) is 1. The van der Waals surface area contributed by atoms with Crippen LogP contribution in [0, 0.1) is 0 Å². The van der Waals surface area contributed by atoms with E-state index in [2.05, 4.69) is 5.32 Å². The summed E-state index contributed by atoms with van der Waals surface area (Å²) in [5, 5.41) is 3.05. The van der Waals surface area contributed by atoms with Gasteiger partial charge in [-0.2, -0.15) is 0 Å². The van der Waals surface area contributed by atoms with Gasteiger partial charge in [0.25, 0.3) is 0 Å². The number of rotatable bonds is 0. The summed E-state index contributed by atoms with van der Waals surface area (Å²) in [5.41, 5.74) is 0. The third-order valence-corrected chi connectivity index (χ3v) is 0.881. The molecule has 1 rings (SSSR count). The molecule has 0 radical (unpaired) electrons. The Morgan fingerprint density at radius 1 is 1.86 bits per heavy atom. The average Bonchev–Trinajstić information content (AvgIpc) is 1.69. The first-order valence-electron chi connectivity index (χ1n) is 2.42. The van der Waals surface area contributed by atoms with E-state index in [1.165, 1.54) is 0 Å². The first-order valence-corrected chi connectivity index (χ1v) is 2.42. The molecule has 1 heterocycles. The van der Waals surface area contributed by atoms with Gasteiger partial charge in [0, 0.05) is 12.7 Å². The van der Waals surface area contributed by atoms with Crippen LogP contribution >= 0.6 is 0 Å².